The Kier molecular flexibility index (Phi) is 7.35. The highest BCUT2D eigenvalue weighted by molar-refractivity contribution is 5.54. The van der Waals surface area contributed by atoms with Crippen molar-refractivity contribution < 1.29 is 4.57 Å². The van der Waals surface area contributed by atoms with Gasteiger partial charge in [-0.1, -0.05) is 101 Å². The zero-order chi connectivity index (χ0) is 25.6. The second-order valence-electron chi connectivity index (χ2n) is 13.8. The SMILES string of the molecule is CN1C(C(C)(C)C)=CC(=C/C=C/c2cc(C(C)(C)C)[n+](C)c(C(C)(C)C)c2)C=C1C(C)(C)C. The molecule has 2 nitrogen and oxygen atoms in total. The van der Waals surface area contributed by atoms with Crippen LogP contribution in [0.4, 0.5) is 0 Å². The summed E-state index contributed by atoms with van der Waals surface area (Å²) in [5.74, 6) is 0. The highest BCUT2D eigenvalue weighted by atomic mass is 15.1. The number of allylic oxidation sites excluding steroid dienone is 7. The lowest BCUT2D eigenvalue weighted by molar-refractivity contribution is -0.693. The van der Waals surface area contributed by atoms with Crippen molar-refractivity contribution in [3.63, 3.8) is 0 Å². The second kappa shape index (κ2) is 8.93. The fourth-order valence-corrected chi connectivity index (χ4v) is 4.70. The monoisotopic (exact) mass is 449 g/mol. The summed E-state index contributed by atoms with van der Waals surface area (Å²) in [5, 5.41) is 0. The van der Waals surface area contributed by atoms with Gasteiger partial charge in [0.15, 0.2) is 11.4 Å². The van der Waals surface area contributed by atoms with Gasteiger partial charge in [0.1, 0.15) is 7.05 Å². The summed E-state index contributed by atoms with van der Waals surface area (Å²) < 4.78 is 2.38. The summed E-state index contributed by atoms with van der Waals surface area (Å²) in [4.78, 5) is 2.38. The molecule has 0 spiro atoms. The van der Waals surface area contributed by atoms with Gasteiger partial charge >= 0.3 is 0 Å². The van der Waals surface area contributed by atoms with Crippen LogP contribution in [0.5, 0.6) is 0 Å². The summed E-state index contributed by atoms with van der Waals surface area (Å²) in [7, 11) is 4.40. The molecule has 1 aliphatic heterocycles. The van der Waals surface area contributed by atoms with Gasteiger partial charge in [-0.15, -0.1) is 0 Å². The summed E-state index contributed by atoms with van der Waals surface area (Å²) in [6.45, 7) is 27.5. The molecule has 0 aliphatic carbocycles. The van der Waals surface area contributed by atoms with Crippen molar-refractivity contribution in [1.29, 1.82) is 0 Å². The Morgan fingerprint density at radius 2 is 1.06 bits per heavy atom. The number of hydrogen-bond acceptors (Lipinski definition) is 1. The van der Waals surface area contributed by atoms with E-state index >= 15 is 0 Å². The fourth-order valence-electron chi connectivity index (χ4n) is 4.70. The van der Waals surface area contributed by atoms with Crippen LogP contribution in [0.1, 0.15) is 100 Å². The molecule has 2 heteroatoms. The van der Waals surface area contributed by atoms with Gasteiger partial charge in [-0.2, -0.15) is 0 Å². The molecule has 33 heavy (non-hydrogen) atoms. The molecular weight excluding hydrogens is 400 g/mol. The molecule has 0 bridgehead atoms. The average molecular weight is 450 g/mol. The highest BCUT2D eigenvalue weighted by Crippen LogP contribution is 2.40. The molecule has 2 heterocycles. The molecule has 1 aromatic heterocycles. The van der Waals surface area contributed by atoms with Crippen molar-refractivity contribution in [3.8, 4) is 0 Å². The van der Waals surface area contributed by atoms with E-state index in [0.29, 0.717) is 0 Å². The molecule has 2 rings (SSSR count). The van der Waals surface area contributed by atoms with Crippen LogP contribution in [0.25, 0.3) is 6.08 Å². The molecule has 1 aliphatic rings. The molecule has 0 saturated carbocycles. The second-order valence-corrected chi connectivity index (χ2v) is 13.8. The summed E-state index contributed by atoms with van der Waals surface area (Å²) in [6.07, 6.45) is 11.4. The number of rotatable bonds is 2. The van der Waals surface area contributed by atoms with Crippen LogP contribution in [-0.2, 0) is 17.9 Å². The Bertz CT molecular complexity index is 932. The van der Waals surface area contributed by atoms with E-state index in [0.717, 1.165) is 0 Å². The molecule has 0 amide bonds. The first kappa shape index (κ1) is 27.2. The van der Waals surface area contributed by atoms with Gasteiger partial charge in [-0.3, -0.25) is 0 Å². The van der Waals surface area contributed by atoms with Gasteiger partial charge in [0.2, 0.25) is 0 Å². The first-order valence-electron chi connectivity index (χ1n) is 12.3. The van der Waals surface area contributed by atoms with Crippen molar-refractivity contribution in [2.45, 2.75) is 93.9 Å². The van der Waals surface area contributed by atoms with Gasteiger partial charge < -0.3 is 4.90 Å². The van der Waals surface area contributed by atoms with E-state index < -0.39 is 0 Å². The third kappa shape index (κ3) is 6.49. The normalized spacial score (nSPS) is 16.3. The van der Waals surface area contributed by atoms with Crippen LogP contribution >= 0.6 is 0 Å². The van der Waals surface area contributed by atoms with Gasteiger partial charge in [-0.05, 0) is 23.3 Å². The minimum absolute atomic E-state index is 0.0830. The van der Waals surface area contributed by atoms with Crippen LogP contribution in [0, 0.1) is 10.8 Å². The van der Waals surface area contributed by atoms with E-state index in [1.54, 1.807) is 0 Å². The van der Waals surface area contributed by atoms with E-state index in [9.17, 15) is 0 Å². The summed E-state index contributed by atoms with van der Waals surface area (Å²) >= 11 is 0. The Morgan fingerprint density at radius 1 is 0.667 bits per heavy atom. The Morgan fingerprint density at radius 3 is 1.39 bits per heavy atom. The van der Waals surface area contributed by atoms with Crippen molar-refractivity contribution in [3.05, 3.63) is 70.4 Å². The van der Waals surface area contributed by atoms with Crippen LogP contribution in [0.3, 0.4) is 0 Å². The van der Waals surface area contributed by atoms with Gasteiger partial charge in [0.05, 0.1) is 0 Å². The highest BCUT2D eigenvalue weighted by Gasteiger charge is 2.32. The zero-order valence-corrected chi connectivity index (χ0v) is 23.9. The first-order chi connectivity index (χ1) is 14.7. The minimum atomic E-state index is 0.0830. The Hall–Kier alpha value is -2.09. The van der Waals surface area contributed by atoms with Gasteiger partial charge in [0, 0.05) is 52.2 Å². The number of aromatic nitrogens is 1. The maximum Gasteiger partial charge on any atom is 0.187 e. The zero-order valence-electron chi connectivity index (χ0n) is 23.9. The molecule has 0 fully saturated rings. The first-order valence-corrected chi connectivity index (χ1v) is 12.3. The Balaban J connectivity index is 2.57. The lowest BCUT2D eigenvalue weighted by Gasteiger charge is -2.41. The molecule has 0 N–H and O–H groups in total. The largest absolute Gasteiger partial charge is 0.351 e. The quantitative estimate of drug-likeness (QED) is 0.417. The molecular formula is C31H49N2+. The van der Waals surface area contributed by atoms with Crippen LogP contribution in [0.15, 0.2) is 53.4 Å². The van der Waals surface area contributed by atoms with Crippen molar-refractivity contribution in [1.82, 2.24) is 4.90 Å². The van der Waals surface area contributed by atoms with Crippen molar-refractivity contribution >= 4 is 6.08 Å². The standard InChI is InChI=1S/C31H49N2/c1-28(2,3)24-18-22(19-25(32(24)13)29(4,5)6)16-15-17-23-20-26(30(7,8)9)33(14)27(21-23)31(10,11)12/h15-21H,1-14H3/q+1. The lowest BCUT2D eigenvalue weighted by atomic mass is 9.82. The topological polar surface area (TPSA) is 7.12 Å². The van der Waals surface area contributed by atoms with Crippen molar-refractivity contribution in [2.75, 3.05) is 7.05 Å². The van der Waals surface area contributed by atoms with E-state index in [-0.39, 0.29) is 21.7 Å². The lowest BCUT2D eigenvalue weighted by Crippen LogP contribution is -2.47. The summed E-state index contributed by atoms with van der Waals surface area (Å²) in [6, 6.07) is 4.68. The molecule has 0 saturated heterocycles. The maximum absolute atomic E-state index is 2.38. The smallest absolute Gasteiger partial charge is 0.187 e. The molecule has 0 unspecified atom stereocenters. The molecule has 0 radical (unpaired) electrons. The van der Waals surface area contributed by atoms with E-state index in [1.165, 1.54) is 33.9 Å². The van der Waals surface area contributed by atoms with Crippen LogP contribution in [0.2, 0.25) is 0 Å². The van der Waals surface area contributed by atoms with E-state index in [1.807, 2.05) is 0 Å². The average Bonchev–Trinajstić information content (AvgIpc) is 2.60. The number of hydrogen-bond donors (Lipinski definition) is 0. The van der Waals surface area contributed by atoms with Crippen LogP contribution < -0.4 is 4.57 Å². The van der Waals surface area contributed by atoms with E-state index in [2.05, 4.69) is 149 Å². The Labute approximate surface area is 204 Å². The molecule has 0 atom stereocenters. The maximum atomic E-state index is 2.38. The minimum Gasteiger partial charge on any atom is -0.351 e. The fraction of sp³-hybridized carbons (Fsp3) is 0.581. The van der Waals surface area contributed by atoms with Crippen LogP contribution in [-0.4, -0.2) is 11.9 Å². The predicted molar refractivity (Wildman–Crippen MR) is 145 cm³/mol. The molecule has 1 aromatic rings. The van der Waals surface area contributed by atoms with Gasteiger partial charge in [-0.25, -0.2) is 4.57 Å². The predicted octanol–water partition coefficient (Wildman–Crippen LogP) is 7.85. The summed E-state index contributed by atoms with van der Waals surface area (Å²) in [5.41, 5.74) is 8.26. The number of nitrogens with zero attached hydrogens (tertiary/aromatic N) is 2. The molecule has 0 aromatic carbocycles. The third-order valence-electron chi connectivity index (χ3n) is 6.31. The number of pyridine rings is 1. The molecule has 182 valence electrons. The van der Waals surface area contributed by atoms with Crippen molar-refractivity contribution in [2.24, 2.45) is 17.9 Å². The van der Waals surface area contributed by atoms with Gasteiger partial charge in [0.25, 0.3) is 0 Å². The van der Waals surface area contributed by atoms with E-state index in [4.69, 9.17) is 0 Å². The third-order valence-corrected chi connectivity index (χ3v) is 6.31.